The summed E-state index contributed by atoms with van der Waals surface area (Å²) in [6, 6.07) is 17.4. The molecule has 198 valence electrons. The van der Waals surface area contributed by atoms with Gasteiger partial charge in [-0.15, -0.1) is 0 Å². The third kappa shape index (κ3) is 8.12. The van der Waals surface area contributed by atoms with Gasteiger partial charge in [0, 0.05) is 11.3 Å². The highest BCUT2D eigenvalue weighted by Gasteiger charge is 2.12. The summed E-state index contributed by atoms with van der Waals surface area (Å²) < 4.78 is 22.1. The molecule has 2 amide bonds. The van der Waals surface area contributed by atoms with E-state index < -0.39 is 5.91 Å². The van der Waals surface area contributed by atoms with Crippen molar-refractivity contribution in [3.63, 3.8) is 0 Å². The molecule has 0 atom stereocenters. The van der Waals surface area contributed by atoms with E-state index in [0.29, 0.717) is 53.0 Å². The zero-order chi connectivity index (χ0) is 27.3. The molecule has 0 heterocycles. The summed E-state index contributed by atoms with van der Waals surface area (Å²) in [5.41, 5.74) is 5.30. The van der Waals surface area contributed by atoms with Crippen LogP contribution in [0, 0.1) is 6.92 Å². The number of amides is 2. The lowest BCUT2D eigenvalue weighted by molar-refractivity contribution is -0.118. The molecule has 0 aromatic heterocycles. The number of hydrazone groups is 1. The highest BCUT2D eigenvalue weighted by atomic mass is 16.5. The summed E-state index contributed by atoms with van der Waals surface area (Å²) in [4.78, 5) is 24.8. The molecule has 3 rings (SSSR count). The van der Waals surface area contributed by atoms with E-state index in [1.807, 2.05) is 38.1 Å². The first kappa shape index (κ1) is 27.8. The fraction of sp³-hybridized carbons (Fsp3) is 0.207. The van der Waals surface area contributed by atoms with Crippen molar-refractivity contribution < 1.29 is 28.5 Å². The SMILES string of the molecule is C=CCOc1ccc(C(=O)N/N=C/c2ccc(OCC(=O)Nc3ccc(C)cc3)c(OC)c2)cc1OCC. The van der Waals surface area contributed by atoms with Crippen LogP contribution in [0.1, 0.15) is 28.4 Å². The molecule has 0 radical (unpaired) electrons. The van der Waals surface area contributed by atoms with E-state index in [2.05, 4.69) is 22.4 Å². The van der Waals surface area contributed by atoms with Crippen LogP contribution in [0.5, 0.6) is 23.0 Å². The number of nitrogens with zero attached hydrogens (tertiary/aromatic N) is 1. The maximum Gasteiger partial charge on any atom is 0.271 e. The van der Waals surface area contributed by atoms with Crippen molar-refractivity contribution in [3.05, 3.63) is 90.0 Å². The number of hydrogen-bond acceptors (Lipinski definition) is 7. The van der Waals surface area contributed by atoms with Gasteiger partial charge in [-0.05, 0) is 67.9 Å². The molecular weight excluding hydrogens is 486 g/mol. The highest BCUT2D eigenvalue weighted by Crippen LogP contribution is 2.29. The van der Waals surface area contributed by atoms with Crippen LogP contribution >= 0.6 is 0 Å². The van der Waals surface area contributed by atoms with Gasteiger partial charge in [0.2, 0.25) is 0 Å². The van der Waals surface area contributed by atoms with E-state index in [1.165, 1.54) is 13.3 Å². The number of benzene rings is 3. The number of nitrogens with one attached hydrogen (secondary N) is 2. The number of carbonyl (C=O) groups excluding carboxylic acids is 2. The summed E-state index contributed by atoms with van der Waals surface area (Å²) >= 11 is 0. The third-order valence-electron chi connectivity index (χ3n) is 5.12. The third-order valence-corrected chi connectivity index (χ3v) is 5.12. The predicted octanol–water partition coefficient (Wildman–Crippen LogP) is 4.75. The maximum atomic E-state index is 12.6. The van der Waals surface area contributed by atoms with Gasteiger partial charge in [0.15, 0.2) is 29.6 Å². The fourth-order valence-electron chi connectivity index (χ4n) is 3.28. The molecule has 0 fully saturated rings. The zero-order valence-electron chi connectivity index (χ0n) is 21.7. The minimum absolute atomic E-state index is 0.186. The topological polar surface area (TPSA) is 107 Å². The van der Waals surface area contributed by atoms with Crippen molar-refractivity contribution in [2.75, 3.05) is 32.2 Å². The molecule has 3 aromatic rings. The van der Waals surface area contributed by atoms with Gasteiger partial charge in [-0.25, -0.2) is 5.43 Å². The molecule has 0 aliphatic heterocycles. The number of carbonyl (C=O) groups is 2. The van der Waals surface area contributed by atoms with Crippen LogP contribution in [-0.2, 0) is 4.79 Å². The Kier molecular flexibility index (Phi) is 10.3. The molecule has 38 heavy (non-hydrogen) atoms. The summed E-state index contributed by atoms with van der Waals surface area (Å²) in [5.74, 6) is 1.09. The van der Waals surface area contributed by atoms with Crippen LogP contribution in [0.2, 0.25) is 0 Å². The Balaban J connectivity index is 1.58. The van der Waals surface area contributed by atoms with E-state index in [0.717, 1.165) is 5.56 Å². The van der Waals surface area contributed by atoms with E-state index >= 15 is 0 Å². The van der Waals surface area contributed by atoms with Crippen LogP contribution < -0.4 is 29.7 Å². The molecule has 9 heteroatoms. The zero-order valence-corrected chi connectivity index (χ0v) is 21.7. The fourth-order valence-corrected chi connectivity index (χ4v) is 3.28. The smallest absolute Gasteiger partial charge is 0.271 e. The second-order valence-corrected chi connectivity index (χ2v) is 8.01. The Bertz CT molecular complexity index is 1290. The number of methoxy groups -OCH3 is 1. The molecule has 3 aromatic carbocycles. The minimum Gasteiger partial charge on any atom is -0.493 e. The molecule has 0 aliphatic carbocycles. The average molecular weight is 518 g/mol. The van der Waals surface area contributed by atoms with E-state index in [9.17, 15) is 9.59 Å². The lowest BCUT2D eigenvalue weighted by Crippen LogP contribution is -2.20. The maximum absolute atomic E-state index is 12.6. The molecule has 0 bridgehead atoms. The van der Waals surface area contributed by atoms with Crippen LogP contribution in [0.3, 0.4) is 0 Å². The Morgan fingerprint density at radius 1 is 0.921 bits per heavy atom. The largest absolute Gasteiger partial charge is 0.493 e. The highest BCUT2D eigenvalue weighted by molar-refractivity contribution is 5.95. The average Bonchev–Trinajstić information content (AvgIpc) is 2.92. The van der Waals surface area contributed by atoms with Crippen molar-refractivity contribution in [1.82, 2.24) is 5.43 Å². The summed E-state index contributed by atoms with van der Waals surface area (Å²) in [5, 5.41) is 6.81. The Hall–Kier alpha value is -4.79. The van der Waals surface area contributed by atoms with Crippen molar-refractivity contribution in [3.8, 4) is 23.0 Å². The summed E-state index contributed by atoms with van der Waals surface area (Å²) in [6.45, 7) is 8.01. The standard InChI is InChI=1S/C29H31N3O6/c1-5-15-37-25-14-10-22(17-27(25)36-6-2)29(34)32-30-18-21-9-13-24(26(16-21)35-4)38-19-28(33)31-23-11-7-20(3)8-12-23/h5,7-14,16-18H,1,6,15,19H2,2-4H3,(H,31,33)(H,32,34)/b30-18+. The molecule has 2 N–H and O–H groups in total. The quantitative estimate of drug-likeness (QED) is 0.193. The van der Waals surface area contributed by atoms with E-state index in [-0.39, 0.29) is 12.5 Å². The molecule has 0 saturated carbocycles. The van der Waals surface area contributed by atoms with Gasteiger partial charge >= 0.3 is 0 Å². The van der Waals surface area contributed by atoms with Gasteiger partial charge in [0.05, 0.1) is 19.9 Å². The van der Waals surface area contributed by atoms with Gasteiger partial charge in [-0.1, -0.05) is 30.4 Å². The first-order valence-corrected chi connectivity index (χ1v) is 11.9. The number of ether oxygens (including phenoxy) is 4. The molecular formula is C29H31N3O6. The number of aryl methyl sites for hydroxylation is 1. The summed E-state index contributed by atoms with van der Waals surface area (Å²) in [7, 11) is 1.50. The van der Waals surface area contributed by atoms with Crippen LogP contribution in [0.15, 0.2) is 78.4 Å². The molecule has 0 saturated heterocycles. The van der Waals surface area contributed by atoms with Gasteiger partial charge in [-0.2, -0.15) is 5.10 Å². The van der Waals surface area contributed by atoms with E-state index in [1.54, 1.807) is 42.5 Å². The van der Waals surface area contributed by atoms with Gasteiger partial charge in [0.1, 0.15) is 6.61 Å². The van der Waals surface area contributed by atoms with E-state index in [4.69, 9.17) is 18.9 Å². The van der Waals surface area contributed by atoms with Gasteiger partial charge < -0.3 is 24.3 Å². The van der Waals surface area contributed by atoms with Crippen molar-refractivity contribution in [2.45, 2.75) is 13.8 Å². The second-order valence-electron chi connectivity index (χ2n) is 8.01. The van der Waals surface area contributed by atoms with Crippen LogP contribution in [0.4, 0.5) is 5.69 Å². The minimum atomic E-state index is -0.413. The monoisotopic (exact) mass is 517 g/mol. The number of rotatable bonds is 13. The van der Waals surface area contributed by atoms with Crippen LogP contribution in [0.25, 0.3) is 0 Å². The van der Waals surface area contributed by atoms with Crippen molar-refractivity contribution in [1.29, 1.82) is 0 Å². The van der Waals surface area contributed by atoms with Gasteiger partial charge in [0.25, 0.3) is 11.8 Å². The Morgan fingerprint density at radius 2 is 1.66 bits per heavy atom. The Morgan fingerprint density at radius 3 is 2.37 bits per heavy atom. The lowest BCUT2D eigenvalue weighted by Gasteiger charge is -2.12. The molecule has 0 unspecified atom stereocenters. The molecule has 0 spiro atoms. The van der Waals surface area contributed by atoms with Crippen LogP contribution in [-0.4, -0.2) is 45.0 Å². The number of anilines is 1. The van der Waals surface area contributed by atoms with Crippen molar-refractivity contribution >= 4 is 23.7 Å². The molecule has 9 nitrogen and oxygen atoms in total. The Labute approximate surface area is 222 Å². The number of hydrogen-bond donors (Lipinski definition) is 2. The van der Waals surface area contributed by atoms with Crippen molar-refractivity contribution in [2.24, 2.45) is 5.10 Å². The second kappa shape index (κ2) is 14.1. The van der Waals surface area contributed by atoms with Gasteiger partial charge in [-0.3, -0.25) is 9.59 Å². The first-order valence-electron chi connectivity index (χ1n) is 11.9. The molecule has 0 aliphatic rings. The summed E-state index contributed by atoms with van der Waals surface area (Å²) in [6.07, 6.45) is 3.10. The normalized spacial score (nSPS) is 10.5. The predicted molar refractivity (Wildman–Crippen MR) is 147 cm³/mol. The lowest BCUT2D eigenvalue weighted by atomic mass is 10.2. The first-order chi connectivity index (χ1) is 18.4.